The third kappa shape index (κ3) is 6.32. The van der Waals surface area contributed by atoms with Crippen molar-refractivity contribution in [2.75, 3.05) is 26.7 Å². The summed E-state index contributed by atoms with van der Waals surface area (Å²) in [5.74, 6) is 0.943. The van der Waals surface area contributed by atoms with Crippen LogP contribution < -0.4 is 10.1 Å². The fourth-order valence-corrected chi connectivity index (χ4v) is 7.02. The van der Waals surface area contributed by atoms with Crippen LogP contribution in [0.1, 0.15) is 91.7 Å². The molecule has 3 unspecified atom stereocenters. The Bertz CT molecular complexity index is 1060. The van der Waals surface area contributed by atoms with Gasteiger partial charge in [0.15, 0.2) is 0 Å². The Hall–Kier alpha value is -2.63. The molecule has 5 heteroatoms. The number of fused-ring (bicyclic) bond motifs is 2. The molecule has 0 aromatic heterocycles. The van der Waals surface area contributed by atoms with Crippen molar-refractivity contribution in [3.63, 3.8) is 0 Å². The highest BCUT2D eigenvalue weighted by Crippen LogP contribution is 2.36. The summed E-state index contributed by atoms with van der Waals surface area (Å²) < 4.78 is 5.61. The van der Waals surface area contributed by atoms with Crippen molar-refractivity contribution in [2.45, 2.75) is 88.4 Å². The molecule has 204 valence electrons. The van der Waals surface area contributed by atoms with Crippen molar-refractivity contribution >= 4 is 5.91 Å². The summed E-state index contributed by atoms with van der Waals surface area (Å²) >= 11 is 0. The summed E-state index contributed by atoms with van der Waals surface area (Å²) in [5.41, 5.74) is 3.23. The summed E-state index contributed by atoms with van der Waals surface area (Å²) in [7, 11) is 1.73. The number of carbonyl (C=O) groups is 1. The molecule has 2 aliphatic heterocycles. The second-order valence-corrected chi connectivity index (χ2v) is 11.5. The average molecular weight is 516 g/mol. The second-order valence-electron chi connectivity index (χ2n) is 11.5. The lowest BCUT2D eigenvalue weighted by Crippen LogP contribution is -2.48. The lowest BCUT2D eigenvalue weighted by Gasteiger charge is -2.41. The van der Waals surface area contributed by atoms with Gasteiger partial charge in [0.25, 0.3) is 5.91 Å². The molecule has 5 nitrogen and oxygen atoms in total. The van der Waals surface area contributed by atoms with E-state index in [-0.39, 0.29) is 11.9 Å². The lowest BCUT2D eigenvalue weighted by molar-refractivity contribution is 0.0933. The number of ether oxygens (including phenoxy) is 1. The van der Waals surface area contributed by atoms with E-state index in [4.69, 9.17) is 4.74 Å². The first-order valence-electron chi connectivity index (χ1n) is 14.8. The van der Waals surface area contributed by atoms with Gasteiger partial charge >= 0.3 is 0 Å². The van der Waals surface area contributed by atoms with E-state index in [0.717, 1.165) is 43.8 Å². The van der Waals surface area contributed by atoms with Gasteiger partial charge in [-0.1, -0.05) is 62.4 Å². The predicted octanol–water partition coefficient (Wildman–Crippen LogP) is 6.35. The number of piperidine rings is 1. The van der Waals surface area contributed by atoms with Gasteiger partial charge in [0.2, 0.25) is 0 Å². The minimum absolute atomic E-state index is 0.0602. The molecule has 2 aromatic rings. The zero-order valence-electron chi connectivity index (χ0n) is 23.1. The molecule has 1 N–H and O–H groups in total. The minimum atomic E-state index is 0.0602. The monoisotopic (exact) mass is 515 g/mol. The Labute approximate surface area is 229 Å². The van der Waals surface area contributed by atoms with Crippen molar-refractivity contribution in [1.29, 1.82) is 0 Å². The van der Waals surface area contributed by atoms with E-state index in [1.807, 2.05) is 18.2 Å². The Morgan fingerprint density at radius 3 is 2.47 bits per heavy atom. The van der Waals surface area contributed by atoms with Crippen LogP contribution in [-0.2, 0) is 0 Å². The standard InChI is InChI=1S/C33H45N3O2/c1-3-21-36-29-13-9-14-30(36)24-35(22-20-29)32(27-10-8-15-31(23-27)38-2)25-16-18-26(19-17-25)33(37)34-28-11-6-4-5-7-12-28/h3,8,10,15-19,23,28-30,32H,1,4-7,9,11-14,20-22,24H2,2H3,(H,34,37). The number of benzene rings is 2. The Morgan fingerprint density at radius 1 is 0.974 bits per heavy atom. The van der Waals surface area contributed by atoms with E-state index in [0.29, 0.717) is 18.1 Å². The first kappa shape index (κ1) is 27.0. The number of carbonyl (C=O) groups excluding carboxylic acids is 1. The average Bonchev–Trinajstić information content (AvgIpc) is 3.25. The molecular weight excluding hydrogens is 470 g/mol. The highest BCUT2D eigenvalue weighted by Gasteiger charge is 2.36. The van der Waals surface area contributed by atoms with Gasteiger partial charge in [-0.25, -0.2) is 0 Å². The largest absolute Gasteiger partial charge is 0.497 e. The highest BCUT2D eigenvalue weighted by molar-refractivity contribution is 5.94. The number of nitrogens with zero attached hydrogens (tertiary/aromatic N) is 2. The quantitative estimate of drug-likeness (QED) is 0.329. The van der Waals surface area contributed by atoms with Gasteiger partial charge in [-0.15, -0.1) is 6.58 Å². The van der Waals surface area contributed by atoms with Crippen molar-refractivity contribution in [3.8, 4) is 5.75 Å². The molecule has 0 spiro atoms. The first-order chi connectivity index (χ1) is 18.7. The molecule has 3 aliphatic rings. The van der Waals surface area contributed by atoms with Crippen molar-refractivity contribution < 1.29 is 9.53 Å². The van der Waals surface area contributed by atoms with E-state index < -0.39 is 0 Å². The molecule has 5 rings (SSSR count). The number of rotatable bonds is 8. The van der Waals surface area contributed by atoms with Gasteiger partial charge in [0, 0.05) is 43.3 Å². The maximum atomic E-state index is 13.1. The molecule has 2 aromatic carbocycles. The van der Waals surface area contributed by atoms with Gasteiger partial charge in [-0.3, -0.25) is 14.6 Å². The lowest BCUT2D eigenvalue weighted by atomic mass is 9.94. The van der Waals surface area contributed by atoms with Crippen LogP contribution in [0.5, 0.6) is 5.75 Å². The molecule has 1 aliphatic carbocycles. The molecule has 1 amide bonds. The number of hydrogen-bond donors (Lipinski definition) is 1. The van der Waals surface area contributed by atoms with E-state index in [1.54, 1.807) is 7.11 Å². The Morgan fingerprint density at radius 2 is 1.74 bits per heavy atom. The molecule has 2 saturated heterocycles. The zero-order chi connectivity index (χ0) is 26.3. The molecule has 3 atom stereocenters. The predicted molar refractivity (Wildman–Crippen MR) is 155 cm³/mol. The molecule has 3 fully saturated rings. The summed E-state index contributed by atoms with van der Waals surface area (Å²) in [6.07, 6.45) is 14.3. The summed E-state index contributed by atoms with van der Waals surface area (Å²) in [6.45, 7) is 7.11. The number of hydrogen-bond acceptors (Lipinski definition) is 4. The van der Waals surface area contributed by atoms with Crippen LogP contribution in [0.4, 0.5) is 0 Å². The third-order valence-corrected chi connectivity index (χ3v) is 9.00. The first-order valence-corrected chi connectivity index (χ1v) is 14.8. The number of nitrogens with one attached hydrogen (secondary N) is 1. The molecule has 38 heavy (non-hydrogen) atoms. The van der Waals surface area contributed by atoms with Crippen molar-refractivity contribution in [3.05, 3.63) is 77.9 Å². The molecule has 0 radical (unpaired) electrons. The van der Waals surface area contributed by atoms with E-state index in [2.05, 4.69) is 58.1 Å². The van der Waals surface area contributed by atoms with Crippen LogP contribution in [0.15, 0.2) is 61.2 Å². The SMILES string of the molecule is C=CCN1C2CCCC1CN(C(c1ccc(C(=O)NC3CCCCCC3)cc1)c1cccc(OC)c1)CC2. The Balaban J connectivity index is 1.40. The van der Waals surface area contributed by atoms with E-state index in [1.165, 1.54) is 62.5 Å². The van der Waals surface area contributed by atoms with Crippen LogP contribution in [-0.4, -0.2) is 60.6 Å². The fraction of sp³-hybridized carbons (Fsp3) is 0.545. The maximum absolute atomic E-state index is 13.1. The van der Waals surface area contributed by atoms with Crippen molar-refractivity contribution in [2.24, 2.45) is 0 Å². The zero-order valence-corrected chi connectivity index (χ0v) is 23.1. The Kier molecular flexibility index (Phi) is 9.18. The fourth-order valence-electron chi connectivity index (χ4n) is 7.02. The molecule has 2 bridgehead atoms. The smallest absolute Gasteiger partial charge is 0.251 e. The topological polar surface area (TPSA) is 44.8 Å². The van der Waals surface area contributed by atoms with Gasteiger partial charge in [0.05, 0.1) is 13.2 Å². The minimum Gasteiger partial charge on any atom is -0.497 e. The summed E-state index contributed by atoms with van der Waals surface area (Å²) in [6, 6.07) is 18.5. The van der Waals surface area contributed by atoms with Crippen LogP contribution in [0.3, 0.4) is 0 Å². The van der Waals surface area contributed by atoms with Crippen LogP contribution >= 0.6 is 0 Å². The summed E-state index contributed by atoms with van der Waals surface area (Å²) in [5, 5.41) is 3.30. The van der Waals surface area contributed by atoms with Gasteiger partial charge in [-0.2, -0.15) is 0 Å². The molecule has 1 saturated carbocycles. The van der Waals surface area contributed by atoms with Crippen LogP contribution in [0.25, 0.3) is 0 Å². The summed E-state index contributed by atoms with van der Waals surface area (Å²) in [4.78, 5) is 18.4. The van der Waals surface area contributed by atoms with Crippen LogP contribution in [0.2, 0.25) is 0 Å². The normalized spacial score (nSPS) is 24.1. The van der Waals surface area contributed by atoms with E-state index >= 15 is 0 Å². The van der Waals surface area contributed by atoms with Crippen molar-refractivity contribution in [1.82, 2.24) is 15.1 Å². The highest BCUT2D eigenvalue weighted by atomic mass is 16.5. The van der Waals surface area contributed by atoms with Gasteiger partial charge < -0.3 is 10.1 Å². The second kappa shape index (κ2) is 12.9. The van der Waals surface area contributed by atoms with Crippen LogP contribution in [0, 0.1) is 0 Å². The number of amides is 1. The maximum Gasteiger partial charge on any atom is 0.251 e. The van der Waals surface area contributed by atoms with Gasteiger partial charge in [0.1, 0.15) is 5.75 Å². The number of methoxy groups -OCH3 is 1. The molecular formula is C33H45N3O2. The van der Waals surface area contributed by atoms with Gasteiger partial charge in [-0.05, 0) is 67.5 Å². The molecule has 2 heterocycles. The third-order valence-electron chi connectivity index (χ3n) is 9.00. The van der Waals surface area contributed by atoms with E-state index in [9.17, 15) is 4.79 Å².